The lowest BCUT2D eigenvalue weighted by Crippen LogP contribution is -2.56. The van der Waals surface area contributed by atoms with Crippen molar-refractivity contribution in [3.05, 3.63) is 0 Å². The number of esters is 1. The van der Waals surface area contributed by atoms with E-state index in [1.807, 2.05) is 4.90 Å². The second-order valence-corrected chi connectivity index (χ2v) is 8.85. The van der Waals surface area contributed by atoms with Crippen LogP contribution in [0.15, 0.2) is 0 Å². The maximum atomic E-state index is 13.9. The van der Waals surface area contributed by atoms with Crippen molar-refractivity contribution in [2.24, 2.45) is 5.41 Å². The van der Waals surface area contributed by atoms with Gasteiger partial charge in [0.1, 0.15) is 12.2 Å². The van der Waals surface area contributed by atoms with Gasteiger partial charge in [0, 0.05) is 38.1 Å². The first-order valence-corrected chi connectivity index (χ1v) is 10.1. The van der Waals surface area contributed by atoms with Crippen LogP contribution in [0.3, 0.4) is 0 Å². The number of carbonyl (C=O) groups excluding carboxylic acids is 1. The zero-order valence-corrected chi connectivity index (χ0v) is 16.0. The van der Waals surface area contributed by atoms with E-state index in [0.717, 1.165) is 45.2 Å². The number of rotatable bonds is 3. The Morgan fingerprint density at radius 1 is 1.15 bits per heavy atom. The number of ether oxygens (including phenoxy) is 1. The first-order valence-electron chi connectivity index (χ1n) is 10.1. The van der Waals surface area contributed by atoms with Gasteiger partial charge in [-0.25, -0.2) is 9.18 Å². The van der Waals surface area contributed by atoms with Crippen molar-refractivity contribution in [2.75, 3.05) is 39.8 Å². The Hall–Kier alpha value is -1.41. The highest BCUT2D eigenvalue weighted by Gasteiger charge is 2.51. The third-order valence-electron chi connectivity index (χ3n) is 7.29. The van der Waals surface area contributed by atoms with Gasteiger partial charge in [-0.3, -0.25) is 9.69 Å². The lowest BCUT2D eigenvalue weighted by molar-refractivity contribution is -0.147. The summed E-state index contributed by atoms with van der Waals surface area (Å²) in [5.74, 6) is -0.317. The van der Waals surface area contributed by atoms with Crippen molar-refractivity contribution in [1.82, 2.24) is 14.7 Å². The molecule has 0 aromatic carbocycles. The number of piperidine rings is 1. The molecule has 152 valence electrons. The predicted molar refractivity (Wildman–Crippen MR) is 96.3 cm³/mol. The fourth-order valence-electron chi connectivity index (χ4n) is 5.79. The molecular formula is C19H30FN3O4. The molecule has 0 unspecified atom stereocenters. The molecule has 4 rings (SSSR count). The molecule has 4 fully saturated rings. The Morgan fingerprint density at radius 2 is 1.85 bits per heavy atom. The molecule has 0 aromatic rings. The molecule has 0 aromatic heterocycles. The average molecular weight is 383 g/mol. The van der Waals surface area contributed by atoms with Crippen molar-refractivity contribution in [3.8, 4) is 0 Å². The Labute approximate surface area is 159 Å². The van der Waals surface area contributed by atoms with Crippen LogP contribution >= 0.6 is 0 Å². The van der Waals surface area contributed by atoms with Crippen molar-refractivity contribution in [3.63, 3.8) is 0 Å². The topological polar surface area (TPSA) is 73.3 Å². The Kier molecular flexibility index (Phi) is 5.05. The fourth-order valence-corrected chi connectivity index (χ4v) is 5.79. The van der Waals surface area contributed by atoms with Crippen LogP contribution in [0.2, 0.25) is 0 Å². The van der Waals surface area contributed by atoms with Crippen molar-refractivity contribution in [2.45, 2.75) is 62.8 Å². The third-order valence-corrected chi connectivity index (χ3v) is 7.29. The molecule has 0 bridgehead atoms. The molecule has 3 heterocycles. The smallest absolute Gasteiger partial charge is 0.407 e. The van der Waals surface area contributed by atoms with Crippen molar-refractivity contribution < 1.29 is 23.8 Å². The molecule has 1 amide bonds. The maximum Gasteiger partial charge on any atom is 0.407 e. The SMILES string of the molecule is COC(=O)[C@H]1C[C@@H](F)CN1C1CCN(C2CC3(CCN(C(=O)O)C3)C2)CC1. The van der Waals surface area contributed by atoms with E-state index in [1.54, 1.807) is 4.90 Å². The van der Waals surface area contributed by atoms with E-state index in [-0.39, 0.29) is 23.8 Å². The summed E-state index contributed by atoms with van der Waals surface area (Å²) in [4.78, 5) is 29.2. The van der Waals surface area contributed by atoms with Gasteiger partial charge in [-0.15, -0.1) is 0 Å². The molecule has 7 nitrogen and oxygen atoms in total. The zero-order chi connectivity index (χ0) is 19.2. The van der Waals surface area contributed by atoms with Gasteiger partial charge < -0.3 is 19.6 Å². The minimum atomic E-state index is -0.946. The summed E-state index contributed by atoms with van der Waals surface area (Å²) in [7, 11) is 1.37. The maximum absolute atomic E-state index is 13.9. The molecule has 2 atom stereocenters. The van der Waals surface area contributed by atoms with Crippen LogP contribution in [-0.4, -0.2) is 96.0 Å². The molecule has 1 aliphatic carbocycles. The number of amides is 1. The van der Waals surface area contributed by atoms with Crippen LogP contribution in [0.1, 0.15) is 38.5 Å². The Bertz CT molecular complexity index is 590. The fraction of sp³-hybridized carbons (Fsp3) is 0.895. The summed E-state index contributed by atoms with van der Waals surface area (Å²) in [6.45, 7) is 3.62. The number of hydrogen-bond donors (Lipinski definition) is 1. The minimum absolute atomic E-state index is 0.201. The third kappa shape index (κ3) is 3.53. The van der Waals surface area contributed by atoms with Crippen LogP contribution in [0.25, 0.3) is 0 Å². The van der Waals surface area contributed by atoms with Gasteiger partial charge in [-0.05, 0) is 50.6 Å². The number of alkyl halides is 1. The molecule has 1 spiro atoms. The second-order valence-electron chi connectivity index (χ2n) is 8.85. The number of likely N-dealkylation sites (tertiary alicyclic amines) is 3. The highest BCUT2D eigenvalue weighted by Crippen LogP contribution is 2.50. The standard InChI is InChI=1S/C19H30FN3O4/c1-27-17(24)16-8-13(20)11-23(16)14-2-5-21(6-3-14)15-9-19(10-15)4-7-22(12-19)18(25)26/h13-16H,2-12H2,1H3,(H,25,26)/t13-,15?,16-,19?/m1/s1. The van der Waals surface area contributed by atoms with Gasteiger partial charge in [0.2, 0.25) is 0 Å². The number of methoxy groups -OCH3 is 1. The van der Waals surface area contributed by atoms with E-state index in [1.165, 1.54) is 7.11 Å². The molecule has 27 heavy (non-hydrogen) atoms. The summed E-state index contributed by atoms with van der Waals surface area (Å²) < 4.78 is 18.8. The number of hydrogen-bond acceptors (Lipinski definition) is 5. The van der Waals surface area contributed by atoms with Crippen molar-refractivity contribution >= 4 is 12.1 Å². The van der Waals surface area contributed by atoms with Crippen LogP contribution < -0.4 is 0 Å². The van der Waals surface area contributed by atoms with Gasteiger partial charge >= 0.3 is 12.1 Å². The molecule has 0 radical (unpaired) electrons. The number of halogens is 1. The first-order chi connectivity index (χ1) is 12.9. The first kappa shape index (κ1) is 18.9. The Balaban J connectivity index is 1.27. The van der Waals surface area contributed by atoms with Gasteiger partial charge in [0.15, 0.2) is 0 Å². The van der Waals surface area contributed by atoms with Crippen LogP contribution in [0.5, 0.6) is 0 Å². The van der Waals surface area contributed by atoms with E-state index in [9.17, 15) is 14.0 Å². The molecule has 8 heteroatoms. The van der Waals surface area contributed by atoms with Gasteiger partial charge in [-0.2, -0.15) is 0 Å². The highest BCUT2D eigenvalue weighted by molar-refractivity contribution is 5.76. The Morgan fingerprint density at radius 3 is 2.44 bits per heavy atom. The van der Waals surface area contributed by atoms with Crippen LogP contribution in [0, 0.1) is 5.41 Å². The molecule has 3 saturated heterocycles. The molecule has 4 aliphatic rings. The summed E-state index contributed by atoms with van der Waals surface area (Å²) in [5.41, 5.74) is 0.201. The molecular weight excluding hydrogens is 353 g/mol. The second kappa shape index (κ2) is 7.20. The number of carbonyl (C=O) groups is 2. The predicted octanol–water partition coefficient (Wildman–Crippen LogP) is 1.57. The quantitative estimate of drug-likeness (QED) is 0.746. The molecule has 1 N–H and O–H groups in total. The zero-order valence-electron chi connectivity index (χ0n) is 16.0. The van der Waals surface area contributed by atoms with E-state index in [4.69, 9.17) is 9.84 Å². The average Bonchev–Trinajstić information content (AvgIpc) is 3.24. The van der Waals surface area contributed by atoms with Crippen LogP contribution in [-0.2, 0) is 9.53 Å². The van der Waals surface area contributed by atoms with E-state index >= 15 is 0 Å². The largest absolute Gasteiger partial charge is 0.468 e. The normalized spacial score (nSPS) is 38.3. The lowest BCUT2D eigenvalue weighted by Gasteiger charge is -2.52. The van der Waals surface area contributed by atoms with Crippen LogP contribution in [0.4, 0.5) is 9.18 Å². The summed E-state index contributed by atoms with van der Waals surface area (Å²) in [5, 5.41) is 9.16. The number of carboxylic acid groups (broad SMARTS) is 1. The molecule has 1 saturated carbocycles. The lowest BCUT2D eigenvalue weighted by atomic mass is 9.64. The minimum Gasteiger partial charge on any atom is -0.468 e. The highest BCUT2D eigenvalue weighted by atomic mass is 19.1. The van der Waals surface area contributed by atoms with Gasteiger partial charge in [0.05, 0.1) is 7.11 Å². The molecule has 3 aliphatic heterocycles. The van der Waals surface area contributed by atoms with E-state index in [2.05, 4.69) is 4.90 Å². The summed E-state index contributed by atoms with van der Waals surface area (Å²) in [6.07, 6.45) is 3.56. The van der Waals surface area contributed by atoms with E-state index in [0.29, 0.717) is 25.7 Å². The van der Waals surface area contributed by atoms with Gasteiger partial charge in [-0.1, -0.05) is 0 Å². The summed E-state index contributed by atoms with van der Waals surface area (Å²) >= 11 is 0. The monoisotopic (exact) mass is 383 g/mol. The van der Waals surface area contributed by atoms with E-state index < -0.39 is 18.3 Å². The van der Waals surface area contributed by atoms with Crippen molar-refractivity contribution in [1.29, 1.82) is 0 Å². The van der Waals surface area contributed by atoms with Gasteiger partial charge in [0.25, 0.3) is 0 Å². The number of nitrogens with zero attached hydrogens (tertiary/aromatic N) is 3. The summed E-state index contributed by atoms with van der Waals surface area (Å²) in [6, 6.07) is 0.353.